The Balaban J connectivity index is 3.23. The summed E-state index contributed by atoms with van der Waals surface area (Å²) >= 11 is 5.38. The number of hydrogen-bond donors (Lipinski definition) is 0. The highest BCUT2D eigenvalue weighted by Crippen LogP contribution is 2.30. The average Bonchev–Trinajstić information content (AvgIpc) is 2.24. The van der Waals surface area contributed by atoms with Crippen LogP contribution in [-0.4, -0.2) is 5.88 Å². The first-order valence-electron chi connectivity index (χ1n) is 4.33. The summed E-state index contributed by atoms with van der Waals surface area (Å²) in [5.41, 5.74) is -0.368. The fourth-order valence-corrected chi connectivity index (χ4v) is 1.24. The van der Waals surface area contributed by atoms with Gasteiger partial charge in [-0.15, -0.1) is 11.6 Å². The van der Waals surface area contributed by atoms with Gasteiger partial charge in [-0.3, -0.25) is 0 Å². The summed E-state index contributed by atoms with van der Waals surface area (Å²) in [4.78, 5) is 0. The van der Waals surface area contributed by atoms with E-state index in [0.29, 0.717) is 0 Å². The Labute approximate surface area is 95.8 Å². The Hall–Kier alpha value is -1.47. The number of nitriles is 1. The lowest BCUT2D eigenvalue weighted by Crippen LogP contribution is -2.05. The molecule has 0 spiro atoms. The molecule has 0 saturated carbocycles. The SMILES string of the molecule is N#Cc1ccc(C(F)(F)F)cc1C=CCCl. The summed E-state index contributed by atoms with van der Waals surface area (Å²) in [6.45, 7) is 0. The van der Waals surface area contributed by atoms with Gasteiger partial charge in [-0.1, -0.05) is 12.2 Å². The highest BCUT2D eigenvalue weighted by atomic mass is 35.5. The van der Waals surface area contributed by atoms with Crippen LogP contribution in [0.5, 0.6) is 0 Å². The van der Waals surface area contributed by atoms with Crippen LogP contribution in [0.25, 0.3) is 6.08 Å². The van der Waals surface area contributed by atoms with Crippen LogP contribution in [0.4, 0.5) is 13.2 Å². The quantitative estimate of drug-likeness (QED) is 0.727. The molecule has 0 heterocycles. The summed E-state index contributed by atoms with van der Waals surface area (Å²) in [6, 6.07) is 4.79. The standard InChI is InChI=1S/C11H7ClF3N/c12-5-1-2-8-6-10(11(13,14)15)4-3-9(8)7-16/h1-4,6H,5H2. The minimum atomic E-state index is -4.41. The van der Waals surface area contributed by atoms with Crippen molar-refractivity contribution in [3.63, 3.8) is 0 Å². The molecule has 0 fully saturated rings. The first kappa shape index (κ1) is 12.6. The minimum Gasteiger partial charge on any atom is -0.192 e. The summed E-state index contributed by atoms with van der Waals surface area (Å²) in [7, 11) is 0. The second kappa shape index (κ2) is 5.04. The fraction of sp³-hybridized carbons (Fsp3) is 0.182. The van der Waals surface area contributed by atoms with E-state index in [-0.39, 0.29) is 17.0 Å². The van der Waals surface area contributed by atoms with E-state index in [0.717, 1.165) is 18.2 Å². The lowest BCUT2D eigenvalue weighted by molar-refractivity contribution is -0.137. The van der Waals surface area contributed by atoms with Crippen molar-refractivity contribution in [3.8, 4) is 6.07 Å². The fourth-order valence-electron chi connectivity index (χ4n) is 1.15. The molecule has 0 saturated heterocycles. The van der Waals surface area contributed by atoms with E-state index in [1.807, 2.05) is 6.07 Å². The molecular formula is C11H7ClF3N. The van der Waals surface area contributed by atoms with Crippen LogP contribution in [0.15, 0.2) is 24.3 Å². The van der Waals surface area contributed by atoms with Gasteiger partial charge in [0, 0.05) is 5.88 Å². The molecule has 1 rings (SSSR count). The van der Waals surface area contributed by atoms with Gasteiger partial charge in [0.2, 0.25) is 0 Å². The first-order valence-corrected chi connectivity index (χ1v) is 4.86. The van der Waals surface area contributed by atoms with Crippen molar-refractivity contribution in [2.24, 2.45) is 0 Å². The van der Waals surface area contributed by atoms with E-state index >= 15 is 0 Å². The third kappa shape index (κ3) is 3.01. The smallest absolute Gasteiger partial charge is 0.192 e. The van der Waals surface area contributed by atoms with E-state index in [9.17, 15) is 13.2 Å². The molecule has 0 atom stereocenters. The molecule has 0 bridgehead atoms. The lowest BCUT2D eigenvalue weighted by Gasteiger charge is -2.07. The normalized spacial score (nSPS) is 11.7. The van der Waals surface area contributed by atoms with Crippen molar-refractivity contribution >= 4 is 17.7 Å². The molecule has 16 heavy (non-hydrogen) atoms. The Morgan fingerprint density at radius 2 is 2.06 bits per heavy atom. The summed E-state index contributed by atoms with van der Waals surface area (Å²) < 4.78 is 37.2. The van der Waals surface area contributed by atoms with Gasteiger partial charge in [0.1, 0.15) is 0 Å². The maximum absolute atomic E-state index is 12.4. The predicted molar refractivity (Wildman–Crippen MR) is 55.9 cm³/mol. The zero-order chi connectivity index (χ0) is 12.2. The van der Waals surface area contributed by atoms with E-state index in [1.54, 1.807) is 0 Å². The lowest BCUT2D eigenvalue weighted by atomic mass is 10.0. The van der Waals surface area contributed by atoms with Crippen molar-refractivity contribution in [2.45, 2.75) is 6.18 Å². The van der Waals surface area contributed by atoms with Gasteiger partial charge in [0.05, 0.1) is 17.2 Å². The number of alkyl halides is 4. The van der Waals surface area contributed by atoms with Gasteiger partial charge < -0.3 is 0 Å². The van der Waals surface area contributed by atoms with Crippen molar-refractivity contribution in [3.05, 3.63) is 41.0 Å². The molecule has 5 heteroatoms. The maximum atomic E-state index is 12.4. The molecule has 0 aliphatic rings. The monoisotopic (exact) mass is 245 g/mol. The third-order valence-corrected chi connectivity index (χ3v) is 2.06. The number of rotatable bonds is 2. The molecule has 1 nitrogen and oxygen atoms in total. The molecule has 0 aliphatic carbocycles. The summed E-state index contributed by atoms with van der Waals surface area (Å²) in [5, 5.41) is 8.71. The summed E-state index contributed by atoms with van der Waals surface area (Å²) in [5.74, 6) is 0.182. The van der Waals surface area contributed by atoms with Crippen LogP contribution in [0.3, 0.4) is 0 Å². The van der Waals surface area contributed by atoms with Crippen LogP contribution >= 0.6 is 11.6 Å². The predicted octanol–water partition coefficient (Wildman–Crippen LogP) is 3.83. The molecule has 0 radical (unpaired) electrons. The van der Waals surface area contributed by atoms with Crippen molar-refractivity contribution in [1.29, 1.82) is 5.26 Å². The average molecular weight is 246 g/mol. The summed E-state index contributed by atoms with van der Waals surface area (Å²) in [6.07, 6.45) is -1.52. The van der Waals surface area contributed by atoms with Gasteiger partial charge in [-0.2, -0.15) is 18.4 Å². The minimum absolute atomic E-state index is 0.182. The molecule has 1 aromatic rings. The van der Waals surface area contributed by atoms with Crippen LogP contribution in [-0.2, 0) is 6.18 Å². The van der Waals surface area contributed by atoms with Gasteiger partial charge >= 0.3 is 6.18 Å². The van der Waals surface area contributed by atoms with Gasteiger partial charge in [-0.05, 0) is 23.8 Å². The Kier molecular flexibility index (Phi) is 3.97. The largest absolute Gasteiger partial charge is 0.416 e. The number of hydrogen-bond acceptors (Lipinski definition) is 1. The molecule has 84 valence electrons. The molecule has 0 aromatic heterocycles. The highest BCUT2D eigenvalue weighted by Gasteiger charge is 2.30. The Morgan fingerprint density at radius 1 is 1.38 bits per heavy atom. The second-order valence-corrected chi connectivity index (χ2v) is 3.28. The van der Waals surface area contributed by atoms with Crippen LogP contribution in [0, 0.1) is 11.3 Å². The van der Waals surface area contributed by atoms with Crippen LogP contribution in [0.1, 0.15) is 16.7 Å². The number of nitrogens with zero attached hydrogens (tertiary/aromatic N) is 1. The van der Waals surface area contributed by atoms with Gasteiger partial charge in [0.15, 0.2) is 0 Å². The first-order chi connectivity index (χ1) is 7.49. The third-order valence-electron chi connectivity index (χ3n) is 1.89. The maximum Gasteiger partial charge on any atom is 0.416 e. The zero-order valence-corrected chi connectivity index (χ0v) is 8.81. The van der Waals surface area contributed by atoms with Crippen molar-refractivity contribution in [1.82, 2.24) is 0 Å². The molecule has 0 N–H and O–H groups in total. The van der Waals surface area contributed by atoms with E-state index in [1.165, 1.54) is 12.2 Å². The van der Waals surface area contributed by atoms with E-state index < -0.39 is 11.7 Å². The Bertz CT molecular complexity index is 444. The Morgan fingerprint density at radius 3 is 2.56 bits per heavy atom. The zero-order valence-electron chi connectivity index (χ0n) is 8.05. The molecular weight excluding hydrogens is 239 g/mol. The number of allylic oxidation sites excluding steroid dienone is 1. The van der Waals surface area contributed by atoms with E-state index in [2.05, 4.69) is 0 Å². The number of benzene rings is 1. The number of halogens is 4. The van der Waals surface area contributed by atoms with Gasteiger partial charge in [-0.25, -0.2) is 0 Å². The molecule has 0 unspecified atom stereocenters. The molecule has 1 aromatic carbocycles. The van der Waals surface area contributed by atoms with Crippen LogP contribution < -0.4 is 0 Å². The topological polar surface area (TPSA) is 23.8 Å². The second-order valence-electron chi connectivity index (χ2n) is 2.97. The van der Waals surface area contributed by atoms with Crippen LogP contribution in [0.2, 0.25) is 0 Å². The van der Waals surface area contributed by atoms with Crippen molar-refractivity contribution in [2.75, 3.05) is 5.88 Å². The molecule has 0 aliphatic heterocycles. The van der Waals surface area contributed by atoms with Gasteiger partial charge in [0.25, 0.3) is 0 Å². The highest BCUT2D eigenvalue weighted by molar-refractivity contribution is 6.19. The van der Waals surface area contributed by atoms with E-state index in [4.69, 9.17) is 16.9 Å². The van der Waals surface area contributed by atoms with Crippen molar-refractivity contribution < 1.29 is 13.2 Å². The molecule has 0 amide bonds.